The van der Waals surface area contributed by atoms with Crippen LogP contribution in [0.15, 0.2) is 48.7 Å². The third kappa shape index (κ3) is 3.59. The van der Waals surface area contributed by atoms with Crippen molar-refractivity contribution in [2.45, 2.75) is 12.8 Å². The Morgan fingerprint density at radius 1 is 1.10 bits per heavy atom. The molecular formula is C22H21N3O4. The molecule has 0 spiro atoms. The summed E-state index contributed by atoms with van der Waals surface area (Å²) in [5.41, 5.74) is 2.89. The van der Waals surface area contributed by atoms with E-state index in [9.17, 15) is 14.4 Å². The minimum Gasteiger partial charge on any atom is -0.497 e. The first kappa shape index (κ1) is 18.7. The van der Waals surface area contributed by atoms with Crippen LogP contribution in [0.1, 0.15) is 32.7 Å². The zero-order valence-corrected chi connectivity index (χ0v) is 16.0. The number of hydrogen-bond donors (Lipinski definition) is 2. The molecule has 0 bridgehead atoms. The van der Waals surface area contributed by atoms with Crippen molar-refractivity contribution in [1.29, 1.82) is 0 Å². The van der Waals surface area contributed by atoms with Crippen molar-refractivity contribution >= 4 is 28.6 Å². The third-order valence-electron chi connectivity index (χ3n) is 5.13. The van der Waals surface area contributed by atoms with Crippen molar-refractivity contribution in [3.05, 3.63) is 65.4 Å². The SMILES string of the molecule is COc1ccc2[nH]cc(CCNC(=O)CCN3C(=O)c4ccccc4C3=O)c2c1. The van der Waals surface area contributed by atoms with Gasteiger partial charge in [-0.25, -0.2) is 0 Å². The van der Waals surface area contributed by atoms with Gasteiger partial charge in [-0.05, 0) is 42.3 Å². The molecule has 1 aromatic heterocycles. The van der Waals surface area contributed by atoms with E-state index in [2.05, 4.69) is 10.3 Å². The molecule has 4 rings (SSSR count). The van der Waals surface area contributed by atoms with Gasteiger partial charge in [0.2, 0.25) is 5.91 Å². The summed E-state index contributed by atoms with van der Waals surface area (Å²) >= 11 is 0. The standard InChI is InChI=1S/C22H21N3O4/c1-29-15-6-7-19-18(12-15)14(13-24-19)8-10-23-20(26)9-11-25-21(27)16-4-2-3-5-17(16)22(25)28/h2-7,12-13,24H,8-11H2,1H3,(H,23,26). The first-order valence-electron chi connectivity index (χ1n) is 9.44. The van der Waals surface area contributed by atoms with Crippen molar-refractivity contribution < 1.29 is 19.1 Å². The topological polar surface area (TPSA) is 91.5 Å². The van der Waals surface area contributed by atoms with Gasteiger partial charge < -0.3 is 15.0 Å². The van der Waals surface area contributed by atoms with Crippen LogP contribution in [0.5, 0.6) is 5.75 Å². The van der Waals surface area contributed by atoms with Crippen molar-refractivity contribution in [2.75, 3.05) is 20.2 Å². The van der Waals surface area contributed by atoms with Crippen LogP contribution in [0, 0.1) is 0 Å². The zero-order chi connectivity index (χ0) is 20.4. The average Bonchev–Trinajstić information content (AvgIpc) is 3.25. The van der Waals surface area contributed by atoms with Gasteiger partial charge in [-0.3, -0.25) is 19.3 Å². The molecule has 29 heavy (non-hydrogen) atoms. The highest BCUT2D eigenvalue weighted by Crippen LogP contribution is 2.24. The van der Waals surface area contributed by atoms with E-state index in [1.54, 1.807) is 31.4 Å². The van der Waals surface area contributed by atoms with Gasteiger partial charge in [0.25, 0.3) is 11.8 Å². The number of ether oxygens (including phenoxy) is 1. The molecule has 0 fully saturated rings. The second-order valence-corrected chi connectivity index (χ2v) is 6.88. The number of hydrogen-bond acceptors (Lipinski definition) is 4. The normalized spacial score (nSPS) is 13.1. The number of imide groups is 1. The van der Waals surface area contributed by atoms with Gasteiger partial charge in [0.1, 0.15) is 5.75 Å². The van der Waals surface area contributed by atoms with Crippen LogP contribution < -0.4 is 10.1 Å². The van der Waals surface area contributed by atoms with Crippen LogP contribution >= 0.6 is 0 Å². The predicted octanol–water partition coefficient (Wildman–Crippen LogP) is 2.52. The van der Waals surface area contributed by atoms with Crippen LogP contribution in [0.2, 0.25) is 0 Å². The lowest BCUT2D eigenvalue weighted by atomic mass is 10.1. The van der Waals surface area contributed by atoms with Crippen LogP contribution in [0.25, 0.3) is 10.9 Å². The molecule has 2 aromatic carbocycles. The highest BCUT2D eigenvalue weighted by atomic mass is 16.5. The molecule has 0 atom stereocenters. The van der Waals surface area contributed by atoms with E-state index in [-0.39, 0.29) is 30.7 Å². The van der Waals surface area contributed by atoms with E-state index >= 15 is 0 Å². The molecule has 0 radical (unpaired) electrons. The molecule has 0 aliphatic carbocycles. The van der Waals surface area contributed by atoms with Crippen molar-refractivity contribution in [1.82, 2.24) is 15.2 Å². The van der Waals surface area contributed by atoms with Gasteiger partial charge >= 0.3 is 0 Å². The Morgan fingerprint density at radius 2 is 1.83 bits per heavy atom. The summed E-state index contributed by atoms with van der Waals surface area (Å²) in [5.74, 6) is -0.0976. The monoisotopic (exact) mass is 391 g/mol. The summed E-state index contributed by atoms with van der Waals surface area (Å²) in [4.78, 5) is 41.2. The van der Waals surface area contributed by atoms with Crippen LogP contribution in [0.3, 0.4) is 0 Å². The van der Waals surface area contributed by atoms with Gasteiger partial charge in [-0.2, -0.15) is 0 Å². The number of aromatic nitrogens is 1. The fraction of sp³-hybridized carbons (Fsp3) is 0.227. The molecule has 7 nitrogen and oxygen atoms in total. The first-order chi connectivity index (χ1) is 14.1. The maximum Gasteiger partial charge on any atom is 0.261 e. The summed E-state index contributed by atoms with van der Waals surface area (Å²) in [6.07, 6.45) is 2.66. The minimum absolute atomic E-state index is 0.0719. The Balaban J connectivity index is 1.29. The first-order valence-corrected chi connectivity index (χ1v) is 9.44. The number of amides is 3. The fourth-order valence-corrected chi connectivity index (χ4v) is 3.57. The Morgan fingerprint density at radius 3 is 2.52 bits per heavy atom. The largest absolute Gasteiger partial charge is 0.497 e. The number of carbonyl (C=O) groups excluding carboxylic acids is 3. The van der Waals surface area contributed by atoms with Gasteiger partial charge in [-0.1, -0.05) is 12.1 Å². The Hall–Kier alpha value is -3.61. The summed E-state index contributed by atoms with van der Waals surface area (Å²) in [7, 11) is 1.63. The summed E-state index contributed by atoms with van der Waals surface area (Å²) in [5, 5.41) is 3.92. The molecule has 1 aliphatic rings. The molecule has 3 aromatic rings. The molecule has 3 amide bonds. The van der Waals surface area contributed by atoms with E-state index in [4.69, 9.17) is 4.74 Å². The molecule has 148 valence electrons. The number of fused-ring (bicyclic) bond motifs is 2. The Labute approximate surface area is 167 Å². The summed E-state index contributed by atoms with van der Waals surface area (Å²) in [6.45, 7) is 0.535. The lowest BCUT2D eigenvalue weighted by Gasteiger charge is -2.13. The second kappa shape index (κ2) is 7.79. The Bertz CT molecular complexity index is 1070. The van der Waals surface area contributed by atoms with Crippen LogP contribution in [-0.2, 0) is 11.2 Å². The number of nitrogens with zero attached hydrogens (tertiary/aromatic N) is 1. The van der Waals surface area contributed by atoms with Crippen molar-refractivity contribution in [3.63, 3.8) is 0 Å². The average molecular weight is 391 g/mol. The zero-order valence-electron chi connectivity index (χ0n) is 16.0. The van der Waals surface area contributed by atoms with Crippen molar-refractivity contribution in [2.24, 2.45) is 0 Å². The molecule has 1 aliphatic heterocycles. The molecule has 0 saturated heterocycles. The number of carbonyl (C=O) groups is 3. The Kier molecular flexibility index (Phi) is 5.03. The second-order valence-electron chi connectivity index (χ2n) is 6.88. The molecule has 2 heterocycles. The maximum atomic E-state index is 12.3. The molecule has 2 N–H and O–H groups in total. The maximum absolute atomic E-state index is 12.3. The quantitative estimate of drug-likeness (QED) is 0.606. The number of methoxy groups -OCH3 is 1. The number of nitrogens with one attached hydrogen (secondary N) is 2. The van der Waals surface area contributed by atoms with Gasteiger partial charge in [0, 0.05) is 36.6 Å². The minimum atomic E-state index is -0.342. The molecule has 0 unspecified atom stereocenters. The summed E-state index contributed by atoms with van der Waals surface area (Å²) in [6, 6.07) is 12.5. The smallest absolute Gasteiger partial charge is 0.261 e. The van der Waals surface area contributed by atoms with Gasteiger partial charge in [0.05, 0.1) is 18.2 Å². The van der Waals surface area contributed by atoms with E-state index in [1.165, 1.54) is 0 Å². The highest BCUT2D eigenvalue weighted by Gasteiger charge is 2.34. The van der Waals surface area contributed by atoms with E-state index < -0.39 is 0 Å². The van der Waals surface area contributed by atoms with Gasteiger partial charge in [-0.15, -0.1) is 0 Å². The van der Waals surface area contributed by atoms with Gasteiger partial charge in [0.15, 0.2) is 0 Å². The lowest BCUT2D eigenvalue weighted by Crippen LogP contribution is -2.35. The van der Waals surface area contributed by atoms with Crippen molar-refractivity contribution in [3.8, 4) is 5.75 Å². The summed E-state index contributed by atoms with van der Waals surface area (Å²) < 4.78 is 5.27. The number of benzene rings is 2. The molecule has 0 saturated carbocycles. The number of aromatic amines is 1. The number of H-pyrrole nitrogens is 1. The molecule has 7 heteroatoms. The van der Waals surface area contributed by atoms with E-state index in [0.29, 0.717) is 24.1 Å². The van der Waals surface area contributed by atoms with Crippen LogP contribution in [0.4, 0.5) is 0 Å². The van der Waals surface area contributed by atoms with E-state index in [0.717, 1.165) is 27.1 Å². The highest BCUT2D eigenvalue weighted by molar-refractivity contribution is 6.21. The third-order valence-corrected chi connectivity index (χ3v) is 5.13. The lowest BCUT2D eigenvalue weighted by molar-refractivity contribution is -0.121. The number of rotatable bonds is 7. The molecular weight excluding hydrogens is 370 g/mol. The predicted molar refractivity (Wildman–Crippen MR) is 108 cm³/mol. The van der Waals surface area contributed by atoms with E-state index in [1.807, 2.05) is 24.4 Å². The van der Waals surface area contributed by atoms with Crippen LogP contribution in [-0.4, -0.2) is 47.8 Å². The fourth-order valence-electron chi connectivity index (χ4n) is 3.57.